The molecule has 3 heteroatoms. The molecule has 0 aliphatic heterocycles. The van der Waals surface area contributed by atoms with Crippen LogP contribution in [0.2, 0.25) is 20.9 Å². The molecule has 1 unspecified atom stereocenters. The summed E-state index contributed by atoms with van der Waals surface area (Å²) in [4.78, 5) is 0. The Morgan fingerprint density at radius 2 is 1.40 bits per heavy atom. The number of fused-ring (bicyclic) bond motifs is 1. The molecule has 2 rings (SSSR count). The number of nitrogens with one attached hydrogen (secondary N) is 1. The summed E-state index contributed by atoms with van der Waals surface area (Å²) in [5.41, 5.74) is 10.8. The Balaban J connectivity index is 3.01. The van der Waals surface area contributed by atoms with Gasteiger partial charge in [0.15, 0.2) is 0 Å². The first-order chi connectivity index (χ1) is 10.6. The fourth-order valence-corrected chi connectivity index (χ4v) is 26.7. The molecule has 0 fully saturated rings. The molecule has 1 aromatic rings. The van der Waals surface area contributed by atoms with Crippen LogP contribution in [0.5, 0.6) is 0 Å². The third kappa shape index (κ3) is 3.52. The summed E-state index contributed by atoms with van der Waals surface area (Å²) < 4.78 is 4.86. The van der Waals surface area contributed by atoms with Crippen LogP contribution in [0.3, 0.4) is 0 Å². The van der Waals surface area contributed by atoms with Gasteiger partial charge in [0.25, 0.3) is 0 Å². The Bertz CT molecular complexity index is 823. The molecule has 0 saturated carbocycles. The van der Waals surface area contributed by atoms with Gasteiger partial charge in [0, 0.05) is 0 Å². The predicted octanol–water partition coefficient (Wildman–Crippen LogP) is 6.00. The fraction of sp³-hybridized carbons (Fsp3) is 0.636. The Morgan fingerprint density at radius 1 is 0.920 bits per heavy atom. The fourth-order valence-electron chi connectivity index (χ4n) is 6.75. The summed E-state index contributed by atoms with van der Waals surface area (Å²) in [6.07, 6.45) is 0. The van der Waals surface area contributed by atoms with Crippen molar-refractivity contribution in [2.75, 3.05) is 0 Å². The SMILES string of the molecule is CC1=C(C)[CH]([Ti]([CH3])([CH3])([CH3])([CH3])([SiH3])[NH]C(C)(C)C)c2c(C)c(C)cc(C)c21. The third-order valence-corrected chi connectivity index (χ3v) is 19.3. The molecule has 0 amide bonds. The van der Waals surface area contributed by atoms with Crippen LogP contribution in [0.25, 0.3) is 5.57 Å². The quantitative estimate of drug-likeness (QED) is 0.605. The van der Waals surface area contributed by atoms with Crippen molar-refractivity contribution in [3.05, 3.63) is 39.5 Å². The van der Waals surface area contributed by atoms with Crippen molar-refractivity contribution >= 4 is 13.7 Å². The van der Waals surface area contributed by atoms with Gasteiger partial charge >= 0.3 is 155 Å². The molecule has 0 aromatic heterocycles. The minimum absolute atomic E-state index is 0.106. The first-order valence-electron chi connectivity index (χ1n) is 9.94. The van der Waals surface area contributed by atoms with E-state index in [1.807, 2.05) is 0 Å². The van der Waals surface area contributed by atoms with Gasteiger partial charge in [-0.1, -0.05) is 0 Å². The monoisotopic (exact) mass is 396 g/mol. The predicted molar refractivity (Wildman–Crippen MR) is 118 cm³/mol. The van der Waals surface area contributed by atoms with Gasteiger partial charge in [0.1, 0.15) is 0 Å². The van der Waals surface area contributed by atoms with E-state index in [4.69, 9.17) is 0 Å². The maximum absolute atomic E-state index is 4.33. The molecule has 1 aromatic carbocycles. The van der Waals surface area contributed by atoms with E-state index >= 15 is 0 Å². The Labute approximate surface area is 154 Å². The summed E-state index contributed by atoms with van der Waals surface area (Å²) in [5, 5.41) is 10.6. The molecule has 0 radical (unpaired) electrons. The van der Waals surface area contributed by atoms with Crippen LogP contribution in [0.15, 0.2) is 11.6 Å². The van der Waals surface area contributed by atoms with E-state index in [-0.39, 0.29) is 5.54 Å². The molecule has 0 spiro atoms. The Morgan fingerprint density at radius 3 is 1.84 bits per heavy atom. The van der Waals surface area contributed by atoms with E-state index in [9.17, 15) is 0 Å². The second-order valence-corrected chi connectivity index (χ2v) is 61.6. The average molecular weight is 397 g/mol. The average Bonchev–Trinajstić information content (AvgIpc) is 2.56. The van der Waals surface area contributed by atoms with E-state index < -0.39 is 12.3 Å². The van der Waals surface area contributed by atoms with Crippen molar-refractivity contribution in [1.82, 2.24) is 3.80 Å². The van der Waals surface area contributed by atoms with Gasteiger partial charge in [-0.2, -0.15) is 0 Å². The number of aryl methyl sites for hydroxylation is 2. The summed E-state index contributed by atoms with van der Waals surface area (Å²) in [5.74, 6) is 0. The second kappa shape index (κ2) is 4.46. The van der Waals surface area contributed by atoms with Crippen molar-refractivity contribution in [3.63, 3.8) is 0 Å². The van der Waals surface area contributed by atoms with Crippen molar-refractivity contribution in [1.29, 1.82) is 0 Å². The molecule has 143 valence electrons. The summed E-state index contributed by atoms with van der Waals surface area (Å²) in [6, 6.07) is 2.38. The molecule has 0 saturated heterocycles. The van der Waals surface area contributed by atoms with Gasteiger partial charge in [-0.25, -0.2) is 0 Å². The van der Waals surface area contributed by atoms with Crippen LogP contribution in [-0.2, 0) is 12.3 Å². The molecule has 1 aliphatic carbocycles. The van der Waals surface area contributed by atoms with Crippen LogP contribution in [-0.4, -0.2) is 13.6 Å². The van der Waals surface area contributed by atoms with Gasteiger partial charge < -0.3 is 0 Å². The Kier molecular flexibility index (Phi) is 3.77. The van der Waals surface area contributed by atoms with Gasteiger partial charge in [-0.3, -0.25) is 0 Å². The van der Waals surface area contributed by atoms with Crippen LogP contribution >= 0.6 is 0 Å². The second-order valence-electron chi connectivity index (χ2n) is 14.9. The van der Waals surface area contributed by atoms with E-state index in [1.165, 1.54) is 35.9 Å². The number of hydrogen-bond acceptors (Lipinski definition) is 1. The Hall–Kier alpha value is -0.149. The van der Waals surface area contributed by atoms with Gasteiger partial charge in [0.05, 0.1) is 0 Å². The summed E-state index contributed by atoms with van der Waals surface area (Å²) in [7, 11) is 1.17. The van der Waals surface area contributed by atoms with E-state index in [0.29, 0.717) is 4.22 Å². The van der Waals surface area contributed by atoms with Crippen molar-refractivity contribution in [2.24, 2.45) is 0 Å². The zero-order chi connectivity index (χ0) is 19.9. The zero-order valence-electron chi connectivity index (χ0n) is 19.2. The van der Waals surface area contributed by atoms with Gasteiger partial charge in [0.2, 0.25) is 0 Å². The molecule has 1 aliphatic rings. The van der Waals surface area contributed by atoms with E-state index in [1.54, 1.807) is 11.1 Å². The third-order valence-electron chi connectivity index (χ3n) is 6.44. The van der Waals surface area contributed by atoms with Crippen molar-refractivity contribution in [3.8, 4) is 0 Å². The standard InChI is InChI=1S/C14H17.C4H10N.4CH3.H3Si.Ti/c1-8-6-10(3)14-12(5)9(2)7-13(14)11(8)4;1-4(2,3)5;;;;;;/h6-7H,1-5H3;5H,1-3H3;5*1H3;/q;-1;;;;;;+1. The minimum atomic E-state index is -4.03. The number of hydrogen-bond donors (Lipinski definition) is 1. The molecular formula is C22H42NSiTi. The van der Waals surface area contributed by atoms with Gasteiger partial charge in [-0.15, -0.1) is 0 Å². The molecule has 1 N–H and O–H groups in total. The summed E-state index contributed by atoms with van der Waals surface area (Å²) >= 11 is -4.03. The van der Waals surface area contributed by atoms with Crippen LogP contribution in [0, 0.1) is 20.8 Å². The molecular weight excluding hydrogens is 354 g/mol. The first kappa shape index (κ1) is 21.2. The van der Waals surface area contributed by atoms with Crippen LogP contribution in [0.4, 0.5) is 0 Å². The summed E-state index contributed by atoms with van der Waals surface area (Å²) in [6.45, 7) is 18.7. The molecule has 1 atom stereocenters. The van der Waals surface area contributed by atoms with Crippen molar-refractivity contribution in [2.45, 2.75) is 86.1 Å². The number of benzene rings is 1. The van der Waals surface area contributed by atoms with Gasteiger partial charge in [-0.05, 0) is 0 Å². The molecule has 0 heterocycles. The van der Waals surface area contributed by atoms with Crippen LogP contribution < -0.4 is 3.80 Å². The van der Waals surface area contributed by atoms with Crippen molar-refractivity contribution < 1.29 is 12.3 Å². The maximum atomic E-state index is 4.33. The van der Waals surface area contributed by atoms with E-state index in [0.717, 1.165) is 0 Å². The number of allylic oxidation sites excluding steroid dienone is 2. The normalized spacial score (nSPS) is 23.0. The zero-order valence-corrected chi connectivity index (χ0v) is 22.7. The number of rotatable bonds is 2. The molecule has 0 bridgehead atoms. The first-order valence-corrected chi connectivity index (χ1v) is 23.6. The molecule has 25 heavy (non-hydrogen) atoms. The van der Waals surface area contributed by atoms with Crippen LogP contribution in [0.1, 0.15) is 66.7 Å². The topological polar surface area (TPSA) is 12.0 Å². The molecule has 1 nitrogen and oxygen atoms in total. The van der Waals surface area contributed by atoms with E-state index in [2.05, 4.69) is 86.2 Å².